The van der Waals surface area contributed by atoms with Crippen molar-refractivity contribution in [2.24, 2.45) is 0 Å². The number of unbranched alkanes of at least 4 members (excludes halogenated alkanes) is 2. The van der Waals surface area contributed by atoms with Gasteiger partial charge < -0.3 is 5.32 Å². The van der Waals surface area contributed by atoms with Crippen LogP contribution < -0.4 is 5.32 Å². The predicted molar refractivity (Wildman–Crippen MR) is 60.5 cm³/mol. The van der Waals surface area contributed by atoms with Crippen molar-refractivity contribution in [2.75, 3.05) is 12.4 Å². The van der Waals surface area contributed by atoms with Crippen LogP contribution in [-0.2, 0) is 6.54 Å². The van der Waals surface area contributed by atoms with Gasteiger partial charge in [-0.05, 0) is 31.0 Å². The van der Waals surface area contributed by atoms with Gasteiger partial charge in [0.25, 0.3) is 0 Å². The highest BCUT2D eigenvalue weighted by atomic mass is 35.5. The summed E-state index contributed by atoms with van der Waals surface area (Å²) in [5, 5.41) is 3.38. The molecule has 1 N–H and O–H groups in total. The van der Waals surface area contributed by atoms with E-state index in [1.807, 2.05) is 12.3 Å². The predicted octanol–water partition coefficient (Wildman–Crippen LogP) is 2.58. The van der Waals surface area contributed by atoms with E-state index in [2.05, 4.69) is 16.4 Å². The van der Waals surface area contributed by atoms with Crippen molar-refractivity contribution in [3.8, 4) is 0 Å². The van der Waals surface area contributed by atoms with Gasteiger partial charge >= 0.3 is 0 Å². The molecule has 1 aromatic rings. The average Bonchev–Trinajstić information content (AvgIpc) is 2.25. The lowest BCUT2D eigenvalue weighted by Gasteiger charge is -2.03. The molecule has 0 aromatic carbocycles. The molecule has 0 atom stereocenters. The van der Waals surface area contributed by atoms with Gasteiger partial charge in [0.2, 0.25) is 0 Å². The molecule has 0 amide bonds. The summed E-state index contributed by atoms with van der Waals surface area (Å²) in [6, 6.07) is 4.04. The molecule has 0 aliphatic carbocycles. The molecule has 14 heavy (non-hydrogen) atoms. The van der Waals surface area contributed by atoms with Crippen LogP contribution in [0.15, 0.2) is 24.5 Å². The summed E-state index contributed by atoms with van der Waals surface area (Å²) in [5.74, 6) is 0.780. The van der Waals surface area contributed by atoms with Crippen molar-refractivity contribution < 1.29 is 0 Å². The van der Waals surface area contributed by atoms with E-state index in [9.17, 15) is 0 Å². The van der Waals surface area contributed by atoms with E-state index in [0.717, 1.165) is 25.4 Å². The Morgan fingerprint density at radius 3 is 2.93 bits per heavy atom. The Hall–Kier alpha value is -0.600. The molecule has 0 bridgehead atoms. The first kappa shape index (κ1) is 11.5. The van der Waals surface area contributed by atoms with Crippen molar-refractivity contribution in [1.29, 1.82) is 0 Å². The van der Waals surface area contributed by atoms with Crippen LogP contribution in [0.3, 0.4) is 0 Å². The molecule has 3 heteroatoms. The average molecular weight is 213 g/mol. The fraction of sp³-hybridized carbons (Fsp3) is 0.545. The van der Waals surface area contributed by atoms with Crippen LogP contribution in [-0.4, -0.2) is 17.4 Å². The zero-order chi connectivity index (χ0) is 10.1. The van der Waals surface area contributed by atoms with Gasteiger partial charge in [-0.3, -0.25) is 4.98 Å². The Bertz CT molecular complexity index is 226. The van der Waals surface area contributed by atoms with Gasteiger partial charge in [0.15, 0.2) is 0 Å². The van der Waals surface area contributed by atoms with E-state index in [1.165, 1.54) is 18.4 Å². The Morgan fingerprint density at radius 2 is 2.21 bits per heavy atom. The lowest BCUT2D eigenvalue weighted by molar-refractivity contribution is 0.617. The second-order valence-electron chi connectivity index (χ2n) is 3.29. The van der Waals surface area contributed by atoms with E-state index >= 15 is 0 Å². The van der Waals surface area contributed by atoms with E-state index in [1.54, 1.807) is 6.20 Å². The Kier molecular flexibility index (Phi) is 6.37. The fourth-order valence-electron chi connectivity index (χ4n) is 1.26. The molecule has 1 aromatic heterocycles. The lowest BCUT2D eigenvalue weighted by Crippen LogP contribution is -2.14. The van der Waals surface area contributed by atoms with E-state index in [4.69, 9.17) is 11.6 Å². The largest absolute Gasteiger partial charge is 0.313 e. The SMILES string of the molecule is ClCCCCCNCc1cccnc1. The summed E-state index contributed by atoms with van der Waals surface area (Å²) in [4.78, 5) is 4.06. The first-order valence-corrected chi connectivity index (χ1v) is 5.62. The third kappa shape index (κ3) is 5.20. The molecule has 0 saturated heterocycles. The van der Waals surface area contributed by atoms with Gasteiger partial charge in [-0.2, -0.15) is 0 Å². The van der Waals surface area contributed by atoms with Crippen LogP contribution in [0.4, 0.5) is 0 Å². The van der Waals surface area contributed by atoms with Gasteiger partial charge in [-0.15, -0.1) is 11.6 Å². The van der Waals surface area contributed by atoms with Crippen LogP contribution in [0.1, 0.15) is 24.8 Å². The second-order valence-corrected chi connectivity index (χ2v) is 3.67. The summed E-state index contributed by atoms with van der Waals surface area (Å²) < 4.78 is 0. The zero-order valence-corrected chi connectivity index (χ0v) is 9.13. The normalized spacial score (nSPS) is 10.4. The fourth-order valence-corrected chi connectivity index (χ4v) is 1.45. The molecule has 0 spiro atoms. The van der Waals surface area contributed by atoms with Crippen LogP contribution in [0.5, 0.6) is 0 Å². The molecule has 0 aliphatic heterocycles. The topological polar surface area (TPSA) is 24.9 Å². The van der Waals surface area contributed by atoms with Gasteiger partial charge in [0.1, 0.15) is 0 Å². The summed E-state index contributed by atoms with van der Waals surface area (Å²) in [7, 11) is 0. The quantitative estimate of drug-likeness (QED) is 0.555. The van der Waals surface area contributed by atoms with Gasteiger partial charge in [0.05, 0.1) is 0 Å². The highest BCUT2D eigenvalue weighted by Crippen LogP contribution is 1.97. The van der Waals surface area contributed by atoms with E-state index in [-0.39, 0.29) is 0 Å². The minimum atomic E-state index is 0.780. The zero-order valence-electron chi connectivity index (χ0n) is 8.38. The first-order valence-electron chi connectivity index (χ1n) is 5.09. The van der Waals surface area contributed by atoms with Crippen LogP contribution in [0.25, 0.3) is 0 Å². The summed E-state index contributed by atoms with van der Waals surface area (Å²) in [6.07, 6.45) is 7.22. The third-order valence-corrected chi connectivity index (χ3v) is 2.31. The monoisotopic (exact) mass is 212 g/mol. The Morgan fingerprint density at radius 1 is 1.29 bits per heavy atom. The maximum absolute atomic E-state index is 5.58. The van der Waals surface area contributed by atoms with Crippen molar-refractivity contribution in [3.63, 3.8) is 0 Å². The molecule has 1 rings (SSSR count). The first-order chi connectivity index (χ1) is 6.93. The number of nitrogens with one attached hydrogen (secondary N) is 1. The number of alkyl halides is 1. The van der Waals surface area contributed by atoms with E-state index in [0.29, 0.717) is 0 Å². The molecule has 1 heterocycles. The molecule has 0 radical (unpaired) electrons. The lowest BCUT2D eigenvalue weighted by atomic mass is 10.2. The van der Waals surface area contributed by atoms with Gasteiger partial charge in [-0.1, -0.05) is 12.5 Å². The minimum Gasteiger partial charge on any atom is -0.313 e. The van der Waals surface area contributed by atoms with Gasteiger partial charge in [-0.25, -0.2) is 0 Å². The van der Waals surface area contributed by atoms with Crippen LogP contribution in [0, 0.1) is 0 Å². The molecule has 2 nitrogen and oxygen atoms in total. The number of rotatable bonds is 7. The van der Waals surface area contributed by atoms with Crippen molar-refractivity contribution in [2.45, 2.75) is 25.8 Å². The number of nitrogens with zero attached hydrogens (tertiary/aromatic N) is 1. The Balaban J connectivity index is 1.99. The van der Waals surface area contributed by atoms with Crippen molar-refractivity contribution in [1.82, 2.24) is 10.3 Å². The highest BCUT2D eigenvalue weighted by molar-refractivity contribution is 6.17. The third-order valence-electron chi connectivity index (χ3n) is 2.04. The summed E-state index contributed by atoms with van der Waals surface area (Å²) in [6.45, 7) is 1.97. The molecule has 0 fully saturated rings. The Labute approximate surface area is 90.7 Å². The molecular formula is C11H17ClN2. The molecular weight excluding hydrogens is 196 g/mol. The van der Waals surface area contributed by atoms with Crippen LogP contribution in [0.2, 0.25) is 0 Å². The highest BCUT2D eigenvalue weighted by Gasteiger charge is 1.91. The van der Waals surface area contributed by atoms with Crippen molar-refractivity contribution in [3.05, 3.63) is 30.1 Å². The second kappa shape index (κ2) is 7.77. The number of halogens is 1. The van der Waals surface area contributed by atoms with Crippen molar-refractivity contribution >= 4 is 11.6 Å². The van der Waals surface area contributed by atoms with E-state index < -0.39 is 0 Å². The molecule has 0 saturated carbocycles. The maximum atomic E-state index is 5.58. The summed E-state index contributed by atoms with van der Waals surface area (Å²) >= 11 is 5.58. The molecule has 0 unspecified atom stereocenters. The van der Waals surface area contributed by atoms with Gasteiger partial charge in [0, 0.05) is 24.8 Å². The number of pyridine rings is 1. The standard InChI is InChI=1S/C11H17ClN2/c12-6-2-1-3-7-13-9-11-5-4-8-14-10-11/h4-5,8,10,13H,1-3,6-7,9H2. The minimum absolute atomic E-state index is 0.780. The molecule has 78 valence electrons. The number of hydrogen-bond acceptors (Lipinski definition) is 2. The smallest absolute Gasteiger partial charge is 0.0312 e. The molecule has 0 aliphatic rings. The summed E-state index contributed by atoms with van der Waals surface area (Å²) in [5.41, 5.74) is 1.24. The van der Waals surface area contributed by atoms with Crippen LogP contribution >= 0.6 is 11.6 Å². The number of aromatic nitrogens is 1. The number of hydrogen-bond donors (Lipinski definition) is 1. The maximum Gasteiger partial charge on any atom is 0.0312 e.